The minimum absolute atomic E-state index is 0.828. The van der Waals surface area contributed by atoms with E-state index >= 15 is 0 Å². The average Bonchev–Trinajstić information content (AvgIpc) is 2.42. The van der Waals surface area contributed by atoms with Crippen molar-refractivity contribution in [2.75, 3.05) is 5.88 Å². The van der Waals surface area contributed by atoms with Crippen LogP contribution >= 0.6 is 11.6 Å². The lowest BCUT2D eigenvalue weighted by molar-refractivity contribution is 0.565. The monoisotopic (exact) mass is 267 g/mol. The highest BCUT2D eigenvalue weighted by Gasteiger charge is 1.94. The van der Waals surface area contributed by atoms with Crippen LogP contribution in [0.3, 0.4) is 0 Å². The third-order valence-corrected chi connectivity index (χ3v) is 3.59. The Bertz CT molecular complexity index is 274. The maximum absolute atomic E-state index is 5.64. The fourth-order valence-electron chi connectivity index (χ4n) is 2.21. The number of aromatic nitrogens is 1. The lowest BCUT2D eigenvalue weighted by Crippen LogP contribution is -1.87. The predicted molar refractivity (Wildman–Crippen MR) is 80.2 cm³/mol. The lowest BCUT2D eigenvalue weighted by atomic mass is 10.0. The number of pyridine rings is 1. The summed E-state index contributed by atoms with van der Waals surface area (Å²) in [6.07, 6.45) is 17.1. The number of hydrogen-bond acceptors (Lipinski definition) is 1. The van der Waals surface area contributed by atoms with Crippen molar-refractivity contribution in [3.63, 3.8) is 0 Å². The van der Waals surface area contributed by atoms with E-state index in [9.17, 15) is 0 Å². The fourth-order valence-corrected chi connectivity index (χ4v) is 2.40. The van der Waals surface area contributed by atoms with E-state index in [1.165, 1.54) is 69.8 Å². The zero-order valence-corrected chi connectivity index (χ0v) is 12.2. The highest BCUT2D eigenvalue weighted by Crippen LogP contribution is 2.11. The summed E-state index contributed by atoms with van der Waals surface area (Å²) in [5.74, 6) is 0.828. The van der Waals surface area contributed by atoms with E-state index in [1.54, 1.807) is 0 Å². The summed E-state index contributed by atoms with van der Waals surface area (Å²) in [5, 5.41) is 0. The second-order valence-corrected chi connectivity index (χ2v) is 5.36. The molecule has 0 atom stereocenters. The van der Waals surface area contributed by atoms with Crippen LogP contribution in [-0.2, 0) is 6.42 Å². The number of nitrogens with zero attached hydrogens (tertiary/aromatic N) is 1. The standard InChI is InChI=1S/C16H26ClN/c17-13-9-7-5-3-1-2-4-6-8-11-16-12-10-14-18-15-16/h10,12,14-15H,1-9,11,13H2. The molecule has 0 aromatic carbocycles. The van der Waals surface area contributed by atoms with Crippen molar-refractivity contribution in [2.24, 2.45) is 0 Å². The first-order valence-electron chi connectivity index (χ1n) is 7.38. The maximum Gasteiger partial charge on any atom is 0.0299 e. The van der Waals surface area contributed by atoms with Gasteiger partial charge in [-0.2, -0.15) is 0 Å². The minimum atomic E-state index is 0.828. The van der Waals surface area contributed by atoms with E-state index in [4.69, 9.17) is 11.6 Å². The van der Waals surface area contributed by atoms with Gasteiger partial charge in [0.05, 0.1) is 0 Å². The highest BCUT2D eigenvalue weighted by atomic mass is 35.5. The largest absolute Gasteiger partial charge is 0.264 e. The maximum atomic E-state index is 5.64. The quantitative estimate of drug-likeness (QED) is 0.388. The second kappa shape index (κ2) is 11.5. The number of hydrogen-bond donors (Lipinski definition) is 0. The second-order valence-electron chi connectivity index (χ2n) is 4.98. The molecule has 0 unspecified atom stereocenters. The zero-order valence-electron chi connectivity index (χ0n) is 11.4. The molecule has 2 heteroatoms. The molecular formula is C16H26ClN. The Kier molecular flexibility index (Phi) is 9.92. The molecule has 1 aromatic heterocycles. The molecule has 0 aliphatic rings. The van der Waals surface area contributed by atoms with Gasteiger partial charge in [-0.15, -0.1) is 11.6 Å². The number of unbranched alkanes of at least 4 members (excludes halogenated alkanes) is 8. The summed E-state index contributed by atoms with van der Waals surface area (Å²) in [5.41, 5.74) is 1.37. The molecule has 0 saturated carbocycles. The Morgan fingerprint density at radius 1 is 0.833 bits per heavy atom. The molecule has 1 nitrogen and oxygen atoms in total. The zero-order chi connectivity index (χ0) is 12.9. The van der Waals surface area contributed by atoms with Gasteiger partial charge >= 0.3 is 0 Å². The van der Waals surface area contributed by atoms with Crippen LogP contribution in [0.4, 0.5) is 0 Å². The summed E-state index contributed by atoms with van der Waals surface area (Å²) in [6.45, 7) is 0. The summed E-state index contributed by atoms with van der Waals surface area (Å²) in [4.78, 5) is 4.14. The molecule has 0 radical (unpaired) electrons. The van der Waals surface area contributed by atoms with Crippen molar-refractivity contribution in [1.82, 2.24) is 4.98 Å². The van der Waals surface area contributed by atoms with Crippen LogP contribution in [-0.4, -0.2) is 10.9 Å². The molecule has 18 heavy (non-hydrogen) atoms. The molecule has 102 valence electrons. The molecule has 0 aliphatic heterocycles. The SMILES string of the molecule is ClCCCCCCCCCCCc1cccnc1. The van der Waals surface area contributed by atoms with Crippen molar-refractivity contribution in [3.05, 3.63) is 30.1 Å². The van der Waals surface area contributed by atoms with E-state index in [0.717, 1.165) is 5.88 Å². The Balaban J connectivity index is 1.82. The molecule has 0 spiro atoms. The van der Waals surface area contributed by atoms with Crippen LogP contribution in [0.15, 0.2) is 24.5 Å². The van der Waals surface area contributed by atoms with Crippen molar-refractivity contribution < 1.29 is 0 Å². The van der Waals surface area contributed by atoms with Crippen LogP contribution in [0.5, 0.6) is 0 Å². The normalized spacial score (nSPS) is 10.7. The Hall–Kier alpha value is -0.560. The van der Waals surface area contributed by atoms with Crippen molar-refractivity contribution in [2.45, 2.75) is 64.2 Å². The molecule has 0 fully saturated rings. The Morgan fingerprint density at radius 2 is 1.44 bits per heavy atom. The smallest absolute Gasteiger partial charge is 0.0299 e. The van der Waals surface area contributed by atoms with Gasteiger partial charge in [-0.05, 0) is 30.9 Å². The summed E-state index contributed by atoms with van der Waals surface area (Å²) in [7, 11) is 0. The van der Waals surface area contributed by atoms with Gasteiger partial charge in [0, 0.05) is 18.3 Å². The first-order chi connectivity index (χ1) is 8.93. The first-order valence-corrected chi connectivity index (χ1v) is 7.92. The predicted octanol–water partition coefficient (Wildman–Crippen LogP) is 5.37. The summed E-state index contributed by atoms with van der Waals surface area (Å²) < 4.78 is 0. The van der Waals surface area contributed by atoms with Crippen molar-refractivity contribution in [1.29, 1.82) is 0 Å². The van der Waals surface area contributed by atoms with Gasteiger partial charge in [-0.3, -0.25) is 4.98 Å². The van der Waals surface area contributed by atoms with Gasteiger partial charge in [0.15, 0.2) is 0 Å². The topological polar surface area (TPSA) is 12.9 Å². The average molecular weight is 268 g/mol. The lowest BCUT2D eigenvalue weighted by Gasteiger charge is -2.02. The van der Waals surface area contributed by atoms with Crippen LogP contribution in [0.1, 0.15) is 63.4 Å². The first kappa shape index (κ1) is 15.5. The third-order valence-electron chi connectivity index (χ3n) is 3.32. The van der Waals surface area contributed by atoms with E-state index < -0.39 is 0 Å². The van der Waals surface area contributed by atoms with Crippen LogP contribution in [0.25, 0.3) is 0 Å². The van der Waals surface area contributed by atoms with E-state index in [0.29, 0.717) is 0 Å². The van der Waals surface area contributed by atoms with Gasteiger partial charge in [0.1, 0.15) is 0 Å². The minimum Gasteiger partial charge on any atom is -0.264 e. The molecular weight excluding hydrogens is 242 g/mol. The molecule has 1 rings (SSSR count). The summed E-state index contributed by atoms with van der Waals surface area (Å²) in [6, 6.07) is 4.19. The molecule has 0 N–H and O–H groups in total. The third kappa shape index (κ3) is 8.52. The number of alkyl halides is 1. The molecule has 0 bridgehead atoms. The van der Waals surface area contributed by atoms with Crippen molar-refractivity contribution in [3.8, 4) is 0 Å². The summed E-state index contributed by atoms with van der Waals surface area (Å²) >= 11 is 5.64. The number of rotatable bonds is 11. The molecule has 1 aromatic rings. The van der Waals surface area contributed by atoms with E-state index in [2.05, 4.69) is 11.1 Å². The van der Waals surface area contributed by atoms with Gasteiger partial charge in [-0.25, -0.2) is 0 Å². The van der Waals surface area contributed by atoms with Crippen molar-refractivity contribution >= 4 is 11.6 Å². The van der Waals surface area contributed by atoms with Gasteiger partial charge in [0.25, 0.3) is 0 Å². The van der Waals surface area contributed by atoms with E-state index in [-0.39, 0.29) is 0 Å². The Morgan fingerprint density at radius 3 is 2.00 bits per heavy atom. The van der Waals surface area contributed by atoms with Crippen LogP contribution in [0, 0.1) is 0 Å². The fraction of sp³-hybridized carbons (Fsp3) is 0.688. The molecule has 0 saturated heterocycles. The molecule has 0 amide bonds. The Labute approximate surface area is 117 Å². The highest BCUT2D eigenvalue weighted by molar-refractivity contribution is 6.17. The number of halogens is 1. The van der Waals surface area contributed by atoms with Gasteiger partial charge in [-0.1, -0.05) is 51.0 Å². The van der Waals surface area contributed by atoms with Crippen LogP contribution in [0.2, 0.25) is 0 Å². The molecule has 1 heterocycles. The molecule has 0 aliphatic carbocycles. The van der Waals surface area contributed by atoms with Gasteiger partial charge in [0.2, 0.25) is 0 Å². The van der Waals surface area contributed by atoms with E-state index in [1.807, 2.05) is 18.5 Å². The van der Waals surface area contributed by atoms with Crippen LogP contribution < -0.4 is 0 Å². The van der Waals surface area contributed by atoms with Gasteiger partial charge < -0.3 is 0 Å². The number of aryl methyl sites for hydroxylation is 1.